The van der Waals surface area contributed by atoms with Gasteiger partial charge in [-0.2, -0.15) is 0 Å². The summed E-state index contributed by atoms with van der Waals surface area (Å²) < 4.78 is 0. The maximum atomic E-state index is 5.92. The highest BCUT2D eigenvalue weighted by Crippen LogP contribution is 2.35. The largest absolute Gasteiger partial charge is 0.368 e. The predicted octanol–water partition coefficient (Wildman–Crippen LogP) is 4.00. The van der Waals surface area contributed by atoms with Crippen molar-refractivity contribution in [2.45, 2.75) is 31.0 Å². The standard InChI is InChI=1S/C25H28N6O/c1-29-21-13-22(29)16-30(15-21)20-9-7-19(8-10-20)28-24-14-25(27-17-26-24)31-23(11-12-32-31)18-5-3-2-4-6-18/h2-10,14,17,21-23H,11-13,15-16H2,1H3,(H,26,27,28)/t21?,22?,23-/m1/s1. The number of nitrogens with one attached hydrogen (secondary N) is 1. The van der Waals surface area contributed by atoms with Gasteiger partial charge in [0.25, 0.3) is 0 Å². The van der Waals surface area contributed by atoms with Crippen LogP contribution in [0.15, 0.2) is 67.0 Å². The molecule has 7 rings (SSSR count). The molecule has 32 heavy (non-hydrogen) atoms. The Kier molecular flexibility index (Phi) is 4.92. The Balaban J connectivity index is 1.15. The fraction of sp³-hybridized carbons (Fsp3) is 0.360. The van der Waals surface area contributed by atoms with Crippen LogP contribution in [0.5, 0.6) is 0 Å². The average molecular weight is 429 g/mol. The first-order valence-electron chi connectivity index (χ1n) is 11.4. The lowest BCUT2D eigenvalue weighted by molar-refractivity contribution is 0.0264. The van der Waals surface area contributed by atoms with Crippen LogP contribution in [0.25, 0.3) is 0 Å². The molecule has 7 nitrogen and oxygen atoms in total. The molecule has 4 saturated heterocycles. The predicted molar refractivity (Wildman–Crippen MR) is 126 cm³/mol. The Hall–Kier alpha value is -3.16. The summed E-state index contributed by atoms with van der Waals surface area (Å²) >= 11 is 0. The minimum absolute atomic E-state index is 0.160. The second-order valence-corrected chi connectivity index (χ2v) is 8.92. The molecule has 0 saturated carbocycles. The summed E-state index contributed by atoms with van der Waals surface area (Å²) in [6.07, 6.45) is 3.87. The van der Waals surface area contributed by atoms with Gasteiger partial charge in [-0.1, -0.05) is 30.3 Å². The quantitative estimate of drug-likeness (QED) is 0.659. The van der Waals surface area contributed by atoms with Gasteiger partial charge in [-0.05, 0) is 43.3 Å². The number of piperazine rings is 1. The zero-order valence-electron chi connectivity index (χ0n) is 18.3. The number of rotatable bonds is 5. The van der Waals surface area contributed by atoms with Crippen LogP contribution in [0.4, 0.5) is 23.0 Å². The molecular formula is C25H28N6O. The minimum atomic E-state index is 0.160. The molecule has 5 heterocycles. The maximum Gasteiger partial charge on any atom is 0.158 e. The van der Waals surface area contributed by atoms with Gasteiger partial charge in [0, 0.05) is 49.0 Å². The number of anilines is 4. The highest BCUT2D eigenvalue weighted by atomic mass is 16.7. The van der Waals surface area contributed by atoms with Crippen LogP contribution in [-0.4, -0.2) is 53.7 Å². The lowest BCUT2D eigenvalue weighted by atomic mass is 9.88. The topological polar surface area (TPSA) is 56.8 Å². The van der Waals surface area contributed by atoms with Gasteiger partial charge in [0.1, 0.15) is 12.1 Å². The van der Waals surface area contributed by atoms with Gasteiger partial charge >= 0.3 is 0 Å². The molecule has 0 amide bonds. The third kappa shape index (κ3) is 3.57. The van der Waals surface area contributed by atoms with Gasteiger partial charge in [0.2, 0.25) is 0 Å². The lowest BCUT2D eigenvalue weighted by Crippen LogP contribution is -2.67. The first kappa shape index (κ1) is 19.5. The number of aromatic nitrogens is 2. The zero-order chi connectivity index (χ0) is 21.5. The van der Waals surface area contributed by atoms with Crippen molar-refractivity contribution in [3.63, 3.8) is 0 Å². The Morgan fingerprint density at radius 3 is 2.50 bits per heavy atom. The maximum absolute atomic E-state index is 5.92. The van der Waals surface area contributed by atoms with Gasteiger partial charge in [-0.25, -0.2) is 15.0 Å². The number of fused-ring (bicyclic) bond motifs is 2. The number of piperidine rings is 1. The van der Waals surface area contributed by atoms with Gasteiger partial charge < -0.3 is 10.2 Å². The summed E-state index contributed by atoms with van der Waals surface area (Å²) in [4.78, 5) is 19.8. The molecule has 164 valence electrons. The summed E-state index contributed by atoms with van der Waals surface area (Å²) in [5, 5.41) is 5.32. The number of hydrogen-bond donors (Lipinski definition) is 1. The van der Waals surface area contributed by atoms with Gasteiger partial charge in [-0.3, -0.25) is 9.74 Å². The first-order chi connectivity index (χ1) is 15.7. The molecule has 0 aliphatic carbocycles. The smallest absolute Gasteiger partial charge is 0.158 e. The van der Waals surface area contributed by atoms with E-state index in [1.165, 1.54) is 17.7 Å². The fourth-order valence-corrected chi connectivity index (χ4v) is 5.12. The highest BCUT2D eigenvalue weighted by molar-refractivity contribution is 5.63. The SMILES string of the molecule is CN1C2CC1CN(c1ccc(Nc3cc(N4OCC[C@@H]4c4ccccc4)ncn3)cc1)C2. The van der Waals surface area contributed by atoms with Crippen LogP contribution in [0.1, 0.15) is 24.4 Å². The molecule has 3 aromatic rings. The van der Waals surface area contributed by atoms with E-state index in [0.717, 1.165) is 36.8 Å². The summed E-state index contributed by atoms with van der Waals surface area (Å²) in [6, 6.07) is 22.6. The molecule has 4 aliphatic rings. The summed E-state index contributed by atoms with van der Waals surface area (Å²) in [6.45, 7) is 2.92. The monoisotopic (exact) mass is 428 g/mol. The van der Waals surface area contributed by atoms with Crippen LogP contribution < -0.4 is 15.3 Å². The van der Waals surface area contributed by atoms with Gasteiger partial charge in [0.15, 0.2) is 5.82 Å². The van der Waals surface area contributed by atoms with Crippen LogP contribution in [-0.2, 0) is 4.84 Å². The lowest BCUT2D eigenvalue weighted by Gasteiger charge is -2.55. The van der Waals surface area contributed by atoms with Crippen LogP contribution in [0.3, 0.4) is 0 Å². The molecule has 0 spiro atoms. The Labute approximate surface area is 188 Å². The molecule has 0 radical (unpaired) electrons. The van der Waals surface area contributed by atoms with Gasteiger partial charge in [-0.15, -0.1) is 0 Å². The third-order valence-corrected chi connectivity index (χ3v) is 7.03. The van der Waals surface area contributed by atoms with Crippen LogP contribution in [0.2, 0.25) is 0 Å². The normalized spacial score (nSPS) is 25.0. The fourth-order valence-electron chi connectivity index (χ4n) is 5.12. The molecule has 2 unspecified atom stereocenters. The third-order valence-electron chi connectivity index (χ3n) is 7.03. The van der Waals surface area contributed by atoms with E-state index in [1.807, 2.05) is 17.2 Å². The second-order valence-electron chi connectivity index (χ2n) is 8.92. The Morgan fingerprint density at radius 2 is 1.75 bits per heavy atom. The van der Waals surface area contributed by atoms with Crippen molar-refractivity contribution in [3.05, 3.63) is 72.6 Å². The van der Waals surface area contributed by atoms with E-state index in [0.29, 0.717) is 18.7 Å². The number of benzene rings is 2. The molecule has 2 aromatic carbocycles. The van der Waals surface area contributed by atoms with Gasteiger partial charge in [0.05, 0.1) is 12.6 Å². The van der Waals surface area contributed by atoms with E-state index in [2.05, 4.69) is 80.7 Å². The van der Waals surface area contributed by atoms with Crippen molar-refractivity contribution < 1.29 is 4.84 Å². The van der Waals surface area contributed by atoms with Crippen LogP contribution >= 0.6 is 0 Å². The van der Waals surface area contributed by atoms with E-state index < -0.39 is 0 Å². The van der Waals surface area contributed by atoms with Crippen LogP contribution in [0, 0.1) is 0 Å². The molecule has 7 heteroatoms. The van der Waals surface area contributed by atoms with E-state index in [-0.39, 0.29) is 6.04 Å². The summed E-state index contributed by atoms with van der Waals surface area (Å²) in [7, 11) is 2.24. The average Bonchev–Trinajstić information content (AvgIpc) is 3.35. The molecule has 4 aliphatic heterocycles. The van der Waals surface area contributed by atoms with Crippen molar-refractivity contribution in [1.82, 2.24) is 14.9 Å². The molecule has 1 N–H and O–H groups in total. The molecule has 3 atom stereocenters. The van der Waals surface area contributed by atoms with Crippen molar-refractivity contribution in [2.75, 3.05) is 42.0 Å². The minimum Gasteiger partial charge on any atom is -0.368 e. The van der Waals surface area contributed by atoms with Crippen molar-refractivity contribution in [2.24, 2.45) is 0 Å². The number of likely N-dealkylation sites (N-methyl/N-ethyl adjacent to an activating group) is 1. The number of hydroxylamine groups is 1. The van der Waals surface area contributed by atoms with Crippen molar-refractivity contribution in [1.29, 1.82) is 0 Å². The highest BCUT2D eigenvalue weighted by Gasteiger charge is 2.42. The van der Waals surface area contributed by atoms with E-state index >= 15 is 0 Å². The van der Waals surface area contributed by atoms with Crippen molar-refractivity contribution >= 4 is 23.0 Å². The van der Waals surface area contributed by atoms with E-state index in [1.54, 1.807) is 6.33 Å². The van der Waals surface area contributed by atoms with E-state index in [4.69, 9.17) is 4.84 Å². The zero-order valence-corrected chi connectivity index (χ0v) is 18.3. The Bertz CT molecular complexity index is 1060. The molecule has 2 bridgehead atoms. The second kappa shape index (κ2) is 8.07. The summed E-state index contributed by atoms with van der Waals surface area (Å²) in [5.41, 5.74) is 3.53. The van der Waals surface area contributed by atoms with Crippen molar-refractivity contribution in [3.8, 4) is 0 Å². The molecular weight excluding hydrogens is 400 g/mol. The number of hydrogen-bond acceptors (Lipinski definition) is 7. The number of nitrogens with zero attached hydrogens (tertiary/aromatic N) is 5. The Morgan fingerprint density at radius 1 is 0.969 bits per heavy atom. The molecule has 4 fully saturated rings. The first-order valence-corrected chi connectivity index (χ1v) is 11.4. The molecule has 1 aromatic heterocycles. The van der Waals surface area contributed by atoms with E-state index in [9.17, 15) is 0 Å². The summed E-state index contributed by atoms with van der Waals surface area (Å²) in [5.74, 6) is 1.52.